The Bertz CT molecular complexity index is 470. The first-order valence-electron chi connectivity index (χ1n) is 6.66. The molecular formula is C14H19ClF2N2O2. The second-order valence-corrected chi connectivity index (χ2v) is 4.74. The molecule has 0 radical (unpaired) electrons. The van der Waals surface area contributed by atoms with Crippen LogP contribution in [0.1, 0.15) is 24.9 Å². The monoisotopic (exact) mass is 320 g/mol. The molecule has 2 N–H and O–H groups in total. The van der Waals surface area contributed by atoms with Crippen molar-refractivity contribution in [3.63, 3.8) is 0 Å². The third kappa shape index (κ3) is 4.54. The van der Waals surface area contributed by atoms with Gasteiger partial charge in [0, 0.05) is 18.7 Å². The van der Waals surface area contributed by atoms with Crippen molar-refractivity contribution in [3.8, 4) is 5.75 Å². The maximum atomic E-state index is 12.4. The Hall–Kier alpha value is -1.40. The van der Waals surface area contributed by atoms with Gasteiger partial charge in [-0.2, -0.15) is 8.78 Å². The lowest BCUT2D eigenvalue weighted by Crippen LogP contribution is -2.51. The van der Waals surface area contributed by atoms with E-state index in [-0.39, 0.29) is 36.0 Å². The van der Waals surface area contributed by atoms with Gasteiger partial charge in [0.2, 0.25) is 5.91 Å². The van der Waals surface area contributed by atoms with Gasteiger partial charge in [0.05, 0.1) is 12.0 Å². The highest BCUT2D eigenvalue weighted by atomic mass is 35.5. The van der Waals surface area contributed by atoms with Gasteiger partial charge in [-0.05, 0) is 12.5 Å². The molecule has 0 bridgehead atoms. The molecule has 0 saturated carbocycles. The van der Waals surface area contributed by atoms with Crippen molar-refractivity contribution >= 4 is 18.3 Å². The first-order valence-corrected chi connectivity index (χ1v) is 6.66. The number of alkyl halides is 2. The van der Waals surface area contributed by atoms with Gasteiger partial charge in [0.25, 0.3) is 0 Å². The Kier molecular flexibility index (Phi) is 6.84. The standard InChI is InChI=1S/C14H18F2N2O2.ClH/c1-2-11(18-13(19)9-7-17-8-9)10-5-3-4-6-12(10)20-14(15)16;/h3-6,9,11,14,17H,2,7-8H2,1H3,(H,18,19);1H. The van der Waals surface area contributed by atoms with Gasteiger partial charge in [-0.3, -0.25) is 4.79 Å². The van der Waals surface area contributed by atoms with Crippen LogP contribution in [0.25, 0.3) is 0 Å². The fourth-order valence-corrected chi connectivity index (χ4v) is 2.14. The maximum absolute atomic E-state index is 12.4. The van der Waals surface area contributed by atoms with E-state index in [1.54, 1.807) is 18.2 Å². The highest BCUT2D eigenvalue weighted by molar-refractivity contribution is 5.85. The van der Waals surface area contributed by atoms with Crippen LogP contribution in [-0.2, 0) is 4.79 Å². The normalized spacial score (nSPS) is 15.8. The summed E-state index contributed by atoms with van der Waals surface area (Å²) in [5, 5.41) is 5.92. The van der Waals surface area contributed by atoms with Crippen LogP contribution in [0.15, 0.2) is 24.3 Å². The van der Waals surface area contributed by atoms with Gasteiger partial charge in [-0.1, -0.05) is 25.1 Å². The summed E-state index contributed by atoms with van der Waals surface area (Å²) in [5.41, 5.74) is 0.580. The molecule has 0 aliphatic carbocycles. The van der Waals surface area contributed by atoms with Crippen LogP contribution in [0.3, 0.4) is 0 Å². The molecule has 0 aromatic heterocycles. The fraction of sp³-hybridized carbons (Fsp3) is 0.500. The van der Waals surface area contributed by atoms with Crippen molar-refractivity contribution in [2.45, 2.75) is 26.0 Å². The molecule has 21 heavy (non-hydrogen) atoms. The lowest BCUT2D eigenvalue weighted by Gasteiger charge is -2.29. The molecule has 1 aromatic rings. The van der Waals surface area contributed by atoms with Crippen molar-refractivity contribution in [1.29, 1.82) is 0 Å². The number of carbonyl (C=O) groups excluding carboxylic acids is 1. The number of benzene rings is 1. The van der Waals surface area contributed by atoms with Crippen LogP contribution < -0.4 is 15.4 Å². The summed E-state index contributed by atoms with van der Waals surface area (Å²) in [6.45, 7) is 0.345. The molecule has 2 rings (SSSR count). The smallest absolute Gasteiger partial charge is 0.387 e. The summed E-state index contributed by atoms with van der Waals surface area (Å²) >= 11 is 0. The predicted molar refractivity (Wildman–Crippen MR) is 77.9 cm³/mol. The quantitative estimate of drug-likeness (QED) is 0.846. The van der Waals surface area contributed by atoms with Crippen LogP contribution in [0.4, 0.5) is 8.78 Å². The molecule has 1 unspecified atom stereocenters. The molecule has 1 aliphatic heterocycles. The summed E-state index contributed by atoms with van der Waals surface area (Å²) in [6.07, 6.45) is 0.607. The Morgan fingerprint density at radius 1 is 1.43 bits per heavy atom. The van der Waals surface area contributed by atoms with Crippen LogP contribution in [0, 0.1) is 5.92 Å². The lowest BCUT2D eigenvalue weighted by molar-refractivity contribution is -0.127. The number of rotatable bonds is 6. The minimum atomic E-state index is -2.87. The van der Waals surface area contributed by atoms with Gasteiger partial charge >= 0.3 is 6.61 Å². The summed E-state index contributed by atoms with van der Waals surface area (Å²) in [6, 6.07) is 6.24. The Morgan fingerprint density at radius 3 is 2.62 bits per heavy atom. The molecule has 1 aromatic carbocycles. The Balaban J connectivity index is 0.00000220. The number of nitrogens with one attached hydrogen (secondary N) is 2. The molecule has 1 heterocycles. The summed E-state index contributed by atoms with van der Waals surface area (Å²) < 4.78 is 29.3. The molecule has 4 nitrogen and oxygen atoms in total. The third-order valence-corrected chi connectivity index (χ3v) is 3.39. The zero-order valence-electron chi connectivity index (χ0n) is 11.6. The van der Waals surface area contributed by atoms with Gasteiger partial charge < -0.3 is 15.4 Å². The summed E-state index contributed by atoms with van der Waals surface area (Å²) in [5.74, 6) is 0.0241. The first-order chi connectivity index (χ1) is 9.61. The average Bonchev–Trinajstić information content (AvgIpc) is 2.34. The molecule has 118 valence electrons. The highest BCUT2D eigenvalue weighted by Gasteiger charge is 2.27. The van der Waals surface area contributed by atoms with Gasteiger partial charge in [0.1, 0.15) is 5.75 Å². The SMILES string of the molecule is CCC(NC(=O)C1CNC1)c1ccccc1OC(F)F.Cl. The lowest BCUT2D eigenvalue weighted by atomic mass is 9.99. The molecule has 1 aliphatic rings. The van der Waals surface area contributed by atoms with Crippen molar-refractivity contribution in [1.82, 2.24) is 10.6 Å². The zero-order valence-corrected chi connectivity index (χ0v) is 12.5. The second-order valence-electron chi connectivity index (χ2n) is 4.74. The van der Waals surface area contributed by atoms with E-state index in [1.807, 2.05) is 6.92 Å². The van der Waals surface area contributed by atoms with E-state index in [4.69, 9.17) is 0 Å². The van der Waals surface area contributed by atoms with E-state index < -0.39 is 6.61 Å². The minimum Gasteiger partial charge on any atom is -0.434 e. The third-order valence-electron chi connectivity index (χ3n) is 3.39. The fourth-order valence-electron chi connectivity index (χ4n) is 2.14. The number of hydrogen-bond donors (Lipinski definition) is 2. The maximum Gasteiger partial charge on any atom is 0.387 e. The van der Waals surface area contributed by atoms with Gasteiger partial charge in [0.15, 0.2) is 0 Å². The topological polar surface area (TPSA) is 50.4 Å². The second kappa shape index (κ2) is 8.14. The minimum absolute atomic E-state index is 0. The number of halogens is 3. The summed E-state index contributed by atoms with van der Waals surface area (Å²) in [7, 11) is 0. The van der Waals surface area contributed by atoms with Gasteiger partial charge in [-0.15, -0.1) is 12.4 Å². The van der Waals surface area contributed by atoms with E-state index >= 15 is 0 Å². The van der Waals surface area contributed by atoms with Gasteiger partial charge in [-0.25, -0.2) is 0 Å². The van der Waals surface area contributed by atoms with E-state index in [0.717, 1.165) is 0 Å². The zero-order chi connectivity index (χ0) is 14.5. The number of amides is 1. The Labute approximate surface area is 128 Å². The number of hydrogen-bond acceptors (Lipinski definition) is 3. The summed E-state index contributed by atoms with van der Waals surface area (Å²) in [4.78, 5) is 12.0. The number of carbonyl (C=O) groups is 1. The molecule has 0 spiro atoms. The van der Waals surface area contributed by atoms with E-state index in [0.29, 0.717) is 25.1 Å². The predicted octanol–water partition coefficient (Wildman–Crippen LogP) is 2.50. The van der Waals surface area contributed by atoms with Crippen LogP contribution in [0.5, 0.6) is 5.75 Å². The van der Waals surface area contributed by atoms with E-state index in [1.165, 1.54) is 6.07 Å². The largest absolute Gasteiger partial charge is 0.434 e. The highest BCUT2D eigenvalue weighted by Crippen LogP contribution is 2.28. The molecule has 7 heteroatoms. The van der Waals surface area contributed by atoms with Crippen molar-refractivity contribution < 1.29 is 18.3 Å². The van der Waals surface area contributed by atoms with Crippen LogP contribution in [-0.4, -0.2) is 25.6 Å². The van der Waals surface area contributed by atoms with Crippen LogP contribution in [0.2, 0.25) is 0 Å². The van der Waals surface area contributed by atoms with Crippen molar-refractivity contribution in [2.75, 3.05) is 13.1 Å². The number of para-hydroxylation sites is 1. The average molecular weight is 321 g/mol. The number of ether oxygens (including phenoxy) is 1. The molecule has 1 amide bonds. The van der Waals surface area contributed by atoms with Crippen molar-refractivity contribution in [3.05, 3.63) is 29.8 Å². The van der Waals surface area contributed by atoms with Crippen molar-refractivity contribution in [2.24, 2.45) is 5.92 Å². The molecule has 1 atom stereocenters. The molecule has 1 saturated heterocycles. The van der Waals surface area contributed by atoms with Crippen LogP contribution >= 0.6 is 12.4 Å². The Morgan fingerprint density at radius 2 is 2.10 bits per heavy atom. The van der Waals surface area contributed by atoms with E-state index in [9.17, 15) is 13.6 Å². The first kappa shape index (κ1) is 17.7. The molecule has 1 fully saturated rings. The van der Waals surface area contributed by atoms with E-state index in [2.05, 4.69) is 15.4 Å². The molecular weight excluding hydrogens is 302 g/mol.